The molecule has 1 amide bonds. The van der Waals surface area contributed by atoms with E-state index in [1.807, 2.05) is 0 Å². The molecule has 0 spiro atoms. The van der Waals surface area contributed by atoms with E-state index in [4.69, 9.17) is 4.74 Å². The lowest BCUT2D eigenvalue weighted by Crippen LogP contribution is -2.26. The van der Waals surface area contributed by atoms with Crippen LogP contribution in [0.15, 0.2) is 24.0 Å². The molecule has 0 saturated carbocycles. The second kappa shape index (κ2) is 8.78. The molecule has 3 rings (SSSR count). The first kappa shape index (κ1) is 16.9. The van der Waals surface area contributed by atoms with Crippen molar-refractivity contribution in [3.05, 3.63) is 29.7 Å². The van der Waals surface area contributed by atoms with Crippen LogP contribution >= 0.6 is 0 Å². The zero-order chi connectivity index (χ0) is 16.6. The summed E-state index contributed by atoms with van der Waals surface area (Å²) < 4.78 is 5.55. The smallest absolute Gasteiger partial charge is 0.271 e. The molecule has 0 radical (unpaired) electrons. The number of anilines is 1. The van der Waals surface area contributed by atoms with Crippen LogP contribution in [0, 0.1) is 0 Å². The lowest BCUT2D eigenvalue weighted by molar-refractivity contribution is 0.0948. The van der Waals surface area contributed by atoms with E-state index in [0.717, 1.165) is 32.4 Å². The molecule has 2 aliphatic rings. The number of hydrogen-bond acceptors (Lipinski definition) is 5. The van der Waals surface area contributed by atoms with E-state index in [2.05, 4.69) is 26.7 Å². The van der Waals surface area contributed by atoms with Gasteiger partial charge in [-0.3, -0.25) is 4.79 Å². The second-order valence-corrected chi connectivity index (χ2v) is 6.42. The highest BCUT2D eigenvalue weighted by atomic mass is 16.5. The maximum absolute atomic E-state index is 12.1. The van der Waals surface area contributed by atoms with Crippen molar-refractivity contribution < 1.29 is 9.53 Å². The van der Waals surface area contributed by atoms with Crippen LogP contribution in [0.4, 0.5) is 5.82 Å². The highest BCUT2D eigenvalue weighted by molar-refractivity contribution is 5.91. The van der Waals surface area contributed by atoms with E-state index >= 15 is 0 Å². The van der Waals surface area contributed by atoms with Gasteiger partial charge in [0.1, 0.15) is 11.5 Å². The van der Waals surface area contributed by atoms with E-state index in [0.29, 0.717) is 18.1 Å². The molecule has 1 aliphatic heterocycles. The Hall–Kier alpha value is -1.95. The molecule has 6 heteroatoms. The van der Waals surface area contributed by atoms with Gasteiger partial charge < -0.3 is 15.4 Å². The van der Waals surface area contributed by atoms with Gasteiger partial charge in [0.15, 0.2) is 0 Å². The molecule has 1 aromatic rings. The van der Waals surface area contributed by atoms with Crippen molar-refractivity contribution in [2.45, 2.75) is 51.0 Å². The molecular weight excluding hydrogens is 304 g/mol. The lowest BCUT2D eigenvalue weighted by Gasteiger charge is -2.13. The fourth-order valence-electron chi connectivity index (χ4n) is 3.12. The molecule has 2 heterocycles. The maximum atomic E-state index is 12.1. The van der Waals surface area contributed by atoms with Gasteiger partial charge in [0.2, 0.25) is 0 Å². The van der Waals surface area contributed by atoms with Crippen molar-refractivity contribution in [3.8, 4) is 0 Å². The third kappa shape index (κ3) is 5.03. The molecule has 1 unspecified atom stereocenters. The molecular formula is C18H26N4O2. The molecule has 1 atom stereocenters. The largest absolute Gasteiger partial charge is 0.376 e. The van der Waals surface area contributed by atoms with E-state index in [1.165, 1.54) is 37.5 Å². The summed E-state index contributed by atoms with van der Waals surface area (Å²) >= 11 is 0. The molecule has 6 nitrogen and oxygen atoms in total. The summed E-state index contributed by atoms with van der Waals surface area (Å²) in [6.45, 7) is 2.23. The molecule has 0 aromatic carbocycles. The minimum Gasteiger partial charge on any atom is -0.376 e. The van der Waals surface area contributed by atoms with Gasteiger partial charge in [0.25, 0.3) is 5.91 Å². The Bertz CT molecular complexity index is 565. The van der Waals surface area contributed by atoms with Crippen LogP contribution in [0.25, 0.3) is 0 Å². The number of allylic oxidation sites excluding steroid dienone is 1. The molecule has 1 aliphatic carbocycles. The van der Waals surface area contributed by atoms with Gasteiger partial charge in [-0.2, -0.15) is 0 Å². The summed E-state index contributed by atoms with van der Waals surface area (Å²) in [5, 5.41) is 6.12. The van der Waals surface area contributed by atoms with Crippen molar-refractivity contribution in [3.63, 3.8) is 0 Å². The monoisotopic (exact) mass is 330 g/mol. The number of nitrogens with zero attached hydrogens (tertiary/aromatic N) is 2. The highest BCUT2D eigenvalue weighted by Crippen LogP contribution is 2.19. The van der Waals surface area contributed by atoms with Crippen molar-refractivity contribution in [2.75, 3.05) is 25.0 Å². The number of rotatable bonds is 7. The van der Waals surface area contributed by atoms with Crippen molar-refractivity contribution in [1.29, 1.82) is 0 Å². The van der Waals surface area contributed by atoms with Crippen LogP contribution in [0.1, 0.15) is 55.4 Å². The van der Waals surface area contributed by atoms with Crippen LogP contribution < -0.4 is 10.6 Å². The average molecular weight is 330 g/mol. The van der Waals surface area contributed by atoms with Crippen molar-refractivity contribution >= 4 is 11.7 Å². The van der Waals surface area contributed by atoms with Crippen LogP contribution in [0.3, 0.4) is 0 Å². The van der Waals surface area contributed by atoms with E-state index in [-0.39, 0.29) is 12.0 Å². The van der Waals surface area contributed by atoms with Gasteiger partial charge in [0.05, 0.1) is 18.5 Å². The Balaban J connectivity index is 1.40. The maximum Gasteiger partial charge on any atom is 0.271 e. The van der Waals surface area contributed by atoms with Gasteiger partial charge in [-0.1, -0.05) is 11.6 Å². The number of amides is 1. The first-order valence-electron chi connectivity index (χ1n) is 8.95. The minimum absolute atomic E-state index is 0.162. The first-order valence-corrected chi connectivity index (χ1v) is 8.95. The summed E-state index contributed by atoms with van der Waals surface area (Å²) in [7, 11) is 0. The van der Waals surface area contributed by atoms with Gasteiger partial charge in [-0.25, -0.2) is 9.97 Å². The van der Waals surface area contributed by atoms with E-state index < -0.39 is 0 Å². The normalized spacial score (nSPS) is 20.5. The topological polar surface area (TPSA) is 76.1 Å². The summed E-state index contributed by atoms with van der Waals surface area (Å²) in [6, 6.07) is 0. The molecule has 1 saturated heterocycles. The minimum atomic E-state index is -0.162. The standard InChI is InChI=1S/C18H26N4O2/c23-18(19-9-8-14-5-2-1-3-6-14)16-12-22-17(13-20-16)21-11-15-7-4-10-24-15/h5,12-13,15H,1-4,6-11H2,(H,19,23)(H,21,22). The number of hydrogen-bond donors (Lipinski definition) is 2. The number of ether oxygens (including phenoxy) is 1. The summed E-state index contributed by atoms with van der Waals surface area (Å²) in [6.07, 6.45) is 13.7. The fraction of sp³-hybridized carbons (Fsp3) is 0.611. The van der Waals surface area contributed by atoms with E-state index in [1.54, 1.807) is 6.20 Å². The number of carbonyl (C=O) groups is 1. The third-order valence-electron chi connectivity index (χ3n) is 4.54. The predicted octanol–water partition coefficient (Wildman–Crippen LogP) is 2.69. The Morgan fingerprint density at radius 2 is 2.21 bits per heavy atom. The number of aromatic nitrogens is 2. The molecule has 0 bridgehead atoms. The van der Waals surface area contributed by atoms with Crippen LogP contribution in [0.5, 0.6) is 0 Å². The fourth-order valence-corrected chi connectivity index (χ4v) is 3.12. The molecule has 1 aromatic heterocycles. The molecule has 24 heavy (non-hydrogen) atoms. The van der Waals surface area contributed by atoms with Crippen molar-refractivity contribution in [2.24, 2.45) is 0 Å². The zero-order valence-electron chi connectivity index (χ0n) is 14.1. The predicted molar refractivity (Wildman–Crippen MR) is 93.0 cm³/mol. The lowest BCUT2D eigenvalue weighted by atomic mass is 9.97. The van der Waals surface area contributed by atoms with Crippen LogP contribution in [-0.4, -0.2) is 41.7 Å². The van der Waals surface area contributed by atoms with Gasteiger partial charge in [0, 0.05) is 19.7 Å². The van der Waals surface area contributed by atoms with Gasteiger partial charge in [-0.15, -0.1) is 0 Å². The highest BCUT2D eigenvalue weighted by Gasteiger charge is 2.15. The molecule has 130 valence electrons. The Morgan fingerprint density at radius 3 is 2.92 bits per heavy atom. The first-order chi connectivity index (χ1) is 11.8. The Morgan fingerprint density at radius 1 is 1.25 bits per heavy atom. The Labute approximate surface area is 143 Å². The van der Waals surface area contributed by atoms with E-state index in [9.17, 15) is 4.79 Å². The number of nitrogens with one attached hydrogen (secondary N) is 2. The second-order valence-electron chi connectivity index (χ2n) is 6.42. The number of carbonyl (C=O) groups excluding carboxylic acids is 1. The summed E-state index contributed by atoms with van der Waals surface area (Å²) in [5.41, 5.74) is 1.82. The van der Waals surface area contributed by atoms with Crippen molar-refractivity contribution in [1.82, 2.24) is 15.3 Å². The SMILES string of the molecule is O=C(NCCC1=CCCCC1)c1cnc(NCC2CCCO2)cn1. The van der Waals surface area contributed by atoms with Crippen LogP contribution in [0.2, 0.25) is 0 Å². The summed E-state index contributed by atoms with van der Waals surface area (Å²) in [5.74, 6) is 0.513. The third-order valence-corrected chi connectivity index (χ3v) is 4.54. The molecule has 2 N–H and O–H groups in total. The van der Waals surface area contributed by atoms with Gasteiger partial charge in [-0.05, 0) is 44.9 Å². The summed E-state index contributed by atoms with van der Waals surface area (Å²) in [4.78, 5) is 20.5. The van der Waals surface area contributed by atoms with Gasteiger partial charge >= 0.3 is 0 Å². The van der Waals surface area contributed by atoms with Crippen LogP contribution in [-0.2, 0) is 4.74 Å². The zero-order valence-corrected chi connectivity index (χ0v) is 14.1. The molecule has 1 fully saturated rings. The quantitative estimate of drug-likeness (QED) is 0.752. The Kier molecular flexibility index (Phi) is 6.18. The average Bonchev–Trinajstić information content (AvgIpc) is 3.15.